The van der Waals surface area contributed by atoms with Crippen LogP contribution in [0.1, 0.15) is 59.4 Å². The summed E-state index contributed by atoms with van der Waals surface area (Å²) in [6.07, 6.45) is -11.2. The van der Waals surface area contributed by atoms with Crippen LogP contribution < -0.4 is 0 Å². The number of alkyl halides is 6. The topological polar surface area (TPSA) is 49.7 Å². The lowest BCUT2D eigenvalue weighted by Gasteiger charge is -2.41. The Balaban J connectivity index is 1.49. The summed E-state index contributed by atoms with van der Waals surface area (Å²) in [4.78, 5) is 12.4. The third-order valence-electron chi connectivity index (χ3n) is 6.98. The molecule has 1 saturated heterocycles. The number of carbonyl (C=O) groups excluding carboxylic acids is 1. The van der Waals surface area contributed by atoms with Crippen LogP contribution in [-0.4, -0.2) is 23.6 Å². The van der Waals surface area contributed by atoms with Crippen molar-refractivity contribution < 1.29 is 45.3 Å². The molecular formula is C27H23F6NO4. The van der Waals surface area contributed by atoms with E-state index in [9.17, 15) is 31.1 Å². The van der Waals surface area contributed by atoms with E-state index in [2.05, 4.69) is 0 Å². The highest BCUT2D eigenvalue weighted by atomic mass is 19.4. The molecule has 5 nitrogen and oxygen atoms in total. The number of cyclic esters (lactones) is 1. The Labute approximate surface area is 213 Å². The molecule has 1 aromatic heterocycles. The van der Waals surface area contributed by atoms with Crippen molar-refractivity contribution in [3.05, 3.63) is 94.8 Å². The van der Waals surface area contributed by atoms with Crippen LogP contribution in [0.4, 0.5) is 31.1 Å². The van der Waals surface area contributed by atoms with Crippen molar-refractivity contribution in [3.8, 4) is 0 Å². The van der Waals surface area contributed by atoms with Crippen molar-refractivity contribution in [2.45, 2.75) is 50.1 Å². The Morgan fingerprint density at radius 3 is 2.24 bits per heavy atom. The summed E-state index contributed by atoms with van der Waals surface area (Å²) < 4.78 is 99.5. The first-order valence-electron chi connectivity index (χ1n) is 11.9. The van der Waals surface area contributed by atoms with Gasteiger partial charge in [0.2, 0.25) is 0 Å². The molecule has 0 radical (unpaired) electrons. The van der Waals surface area contributed by atoms with E-state index in [1.807, 2.05) is 18.2 Å². The maximum atomic E-state index is 13.4. The average Bonchev–Trinajstić information content (AvgIpc) is 3.47. The number of ether oxygens (including phenoxy) is 3. The molecule has 1 fully saturated rings. The van der Waals surface area contributed by atoms with Gasteiger partial charge in [-0.3, -0.25) is 4.57 Å². The third kappa shape index (κ3) is 5.04. The molecular weight excluding hydrogens is 516 g/mol. The Bertz CT molecular complexity index is 1270. The molecule has 2 aliphatic rings. The van der Waals surface area contributed by atoms with Crippen LogP contribution in [0, 0.1) is 5.92 Å². The maximum absolute atomic E-state index is 13.4. The van der Waals surface area contributed by atoms with E-state index in [4.69, 9.17) is 14.2 Å². The number of aromatic nitrogens is 1. The fourth-order valence-electron chi connectivity index (χ4n) is 5.17. The zero-order valence-corrected chi connectivity index (χ0v) is 20.0. The summed E-state index contributed by atoms with van der Waals surface area (Å²) >= 11 is 0. The van der Waals surface area contributed by atoms with Gasteiger partial charge in [-0.25, -0.2) is 4.79 Å². The fourth-order valence-corrected chi connectivity index (χ4v) is 5.17. The second-order valence-corrected chi connectivity index (χ2v) is 9.35. The number of rotatable bonds is 5. The fraction of sp³-hybridized carbons (Fsp3) is 0.370. The van der Waals surface area contributed by atoms with Gasteiger partial charge in [-0.05, 0) is 54.8 Å². The van der Waals surface area contributed by atoms with Crippen molar-refractivity contribution >= 4 is 6.09 Å². The minimum absolute atomic E-state index is 0.0830. The van der Waals surface area contributed by atoms with E-state index in [-0.39, 0.29) is 24.2 Å². The van der Waals surface area contributed by atoms with Gasteiger partial charge in [0.1, 0.15) is 6.10 Å². The normalized spacial score (nSPS) is 24.7. The molecule has 5 atom stereocenters. The van der Waals surface area contributed by atoms with E-state index in [1.54, 1.807) is 30.5 Å². The molecule has 0 amide bonds. The van der Waals surface area contributed by atoms with Crippen LogP contribution in [0.25, 0.3) is 0 Å². The first kappa shape index (κ1) is 26.3. The van der Waals surface area contributed by atoms with Crippen LogP contribution in [-0.2, 0) is 26.6 Å². The molecule has 0 bridgehead atoms. The van der Waals surface area contributed by atoms with Gasteiger partial charge in [0.25, 0.3) is 0 Å². The first-order chi connectivity index (χ1) is 17.9. The minimum atomic E-state index is -4.98. The van der Waals surface area contributed by atoms with Gasteiger partial charge >= 0.3 is 18.4 Å². The third-order valence-corrected chi connectivity index (χ3v) is 6.98. The summed E-state index contributed by atoms with van der Waals surface area (Å²) in [6.45, 7) is 1.57. The van der Waals surface area contributed by atoms with E-state index in [0.29, 0.717) is 24.2 Å². The van der Waals surface area contributed by atoms with Gasteiger partial charge in [0.15, 0.2) is 6.29 Å². The minimum Gasteiger partial charge on any atom is -0.439 e. The molecule has 11 heteroatoms. The highest BCUT2D eigenvalue weighted by Gasteiger charge is 2.47. The number of hydrogen-bond acceptors (Lipinski definition) is 4. The predicted octanol–water partition coefficient (Wildman–Crippen LogP) is 7.49. The largest absolute Gasteiger partial charge is 0.439 e. The summed E-state index contributed by atoms with van der Waals surface area (Å²) in [6, 6.07) is 14.0. The standard InChI is InChI=1S/C27H23F6NO4/c1-15(17-12-18(26(28,29)30)14-19(13-17)27(31,32)33)37-24-22(16-6-3-2-4-7-16)20(9-11-36-24)23-21-8-5-10-34(21)25(35)38-23/h2-8,10,12-15,20,22-24H,9,11H2,1H3/t15-,20?,22-,23?,24-/m1/s1. The Morgan fingerprint density at radius 1 is 0.947 bits per heavy atom. The molecule has 0 saturated carbocycles. The SMILES string of the molecule is C[C@@H](O[C@H]1OCCC(C2OC(=O)n3cccc32)[C@H]1c1ccccc1)c1cc(C(F)(F)F)cc(C(F)(F)F)c1. The zero-order valence-electron chi connectivity index (χ0n) is 20.0. The lowest BCUT2D eigenvalue weighted by Crippen LogP contribution is -2.39. The van der Waals surface area contributed by atoms with Crippen molar-refractivity contribution in [3.63, 3.8) is 0 Å². The number of fused-ring (bicyclic) bond motifs is 1. The quantitative estimate of drug-likeness (QED) is 0.315. The van der Waals surface area contributed by atoms with E-state index in [0.717, 1.165) is 5.56 Å². The van der Waals surface area contributed by atoms with E-state index < -0.39 is 54.0 Å². The number of nitrogens with zero attached hydrogens (tertiary/aromatic N) is 1. The molecule has 0 N–H and O–H groups in total. The lowest BCUT2D eigenvalue weighted by atomic mass is 9.77. The molecule has 5 rings (SSSR count). The van der Waals surface area contributed by atoms with Crippen LogP contribution >= 0.6 is 0 Å². The van der Waals surface area contributed by atoms with Crippen LogP contribution in [0.3, 0.4) is 0 Å². The van der Waals surface area contributed by atoms with E-state index >= 15 is 0 Å². The smallest absolute Gasteiger partial charge is 0.418 e. The zero-order chi connectivity index (χ0) is 27.2. The first-order valence-corrected chi connectivity index (χ1v) is 11.9. The second-order valence-electron chi connectivity index (χ2n) is 9.35. The number of hydrogen-bond donors (Lipinski definition) is 0. The summed E-state index contributed by atoms with van der Waals surface area (Å²) in [5.41, 5.74) is -1.69. The van der Waals surface area contributed by atoms with Crippen LogP contribution in [0.15, 0.2) is 66.9 Å². The van der Waals surface area contributed by atoms with Gasteiger partial charge in [-0.1, -0.05) is 30.3 Å². The van der Waals surface area contributed by atoms with Crippen molar-refractivity contribution in [1.82, 2.24) is 4.57 Å². The summed E-state index contributed by atoms with van der Waals surface area (Å²) in [5.74, 6) is -0.852. The highest BCUT2D eigenvalue weighted by molar-refractivity contribution is 5.74. The average molecular weight is 539 g/mol. The number of benzene rings is 2. The van der Waals surface area contributed by atoms with Crippen molar-refractivity contribution in [2.24, 2.45) is 5.92 Å². The molecule has 2 aliphatic heterocycles. The monoisotopic (exact) mass is 539 g/mol. The van der Waals surface area contributed by atoms with Gasteiger partial charge < -0.3 is 14.2 Å². The number of halogens is 6. The molecule has 0 spiro atoms. The van der Waals surface area contributed by atoms with Crippen molar-refractivity contribution in [1.29, 1.82) is 0 Å². The highest BCUT2D eigenvalue weighted by Crippen LogP contribution is 2.48. The summed E-state index contributed by atoms with van der Waals surface area (Å²) in [7, 11) is 0. The molecule has 3 heterocycles. The Morgan fingerprint density at radius 2 is 1.61 bits per heavy atom. The van der Waals surface area contributed by atoms with E-state index in [1.165, 1.54) is 11.5 Å². The molecule has 2 aromatic carbocycles. The molecule has 3 aromatic rings. The molecule has 38 heavy (non-hydrogen) atoms. The summed E-state index contributed by atoms with van der Waals surface area (Å²) in [5, 5.41) is 0. The van der Waals surface area contributed by atoms with Gasteiger partial charge in [-0.15, -0.1) is 0 Å². The number of carbonyl (C=O) groups is 1. The maximum Gasteiger partial charge on any atom is 0.418 e. The van der Waals surface area contributed by atoms with Gasteiger partial charge in [0, 0.05) is 18.0 Å². The Kier molecular flexibility index (Phi) is 6.77. The predicted molar refractivity (Wildman–Crippen MR) is 122 cm³/mol. The van der Waals surface area contributed by atoms with Crippen LogP contribution in [0.5, 0.6) is 0 Å². The van der Waals surface area contributed by atoms with Gasteiger partial charge in [0.05, 0.1) is 29.5 Å². The van der Waals surface area contributed by atoms with Gasteiger partial charge in [-0.2, -0.15) is 26.3 Å². The molecule has 0 aliphatic carbocycles. The lowest BCUT2D eigenvalue weighted by molar-refractivity contribution is -0.217. The Hall–Kier alpha value is -3.31. The van der Waals surface area contributed by atoms with Crippen LogP contribution in [0.2, 0.25) is 0 Å². The molecule has 202 valence electrons. The van der Waals surface area contributed by atoms with Crippen molar-refractivity contribution in [2.75, 3.05) is 6.61 Å². The molecule has 2 unspecified atom stereocenters. The second kappa shape index (κ2) is 9.77.